The molecule has 3 N–H and O–H groups in total. The van der Waals surface area contributed by atoms with Gasteiger partial charge in [-0.3, -0.25) is 4.57 Å². The Kier molecular flexibility index (Phi) is 4.63. The standard InChI is InChI=1S/C12H18N5O4PS/c1-3-7-8(21-22(18,23)19-2)4-9(20-7)17-6-16-10-11(13)14-5-15-12(10)17/h5-9H,3-4H2,1-2H3,(H,18,23)(H2,13,14,15)/t7-,8-,9?,22?/m1/s1. The summed E-state index contributed by atoms with van der Waals surface area (Å²) >= 11 is 4.93. The number of nitrogen functional groups attached to an aromatic ring is 1. The Labute approximate surface area is 138 Å². The first-order valence-electron chi connectivity index (χ1n) is 7.10. The first-order valence-corrected chi connectivity index (χ1v) is 9.69. The van der Waals surface area contributed by atoms with E-state index in [0.717, 1.165) is 0 Å². The molecule has 0 spiro atoms. The zero-order valence-corrected chi connectivity index (χ0v) is 14.4. The van der Waals surface area contributed by atoms with Gasteiger partial charge < -0.3 is 24.4 Å². The molecule has 1 saturated heterocycles. The number of imidazole rings is 1. The van der Waals surface area contributed by atoms with Gasteiger partial charge in [-0.25, -0.2) is 15.0 Å². The van der Waals surface area contributed by atoms with Crippen LogP contribution in [0.4, 0.5) is 5.82 Å². The number of fused-ring (bicyclic) bond motifs is 1. The topological polar surface area (TPSA) is 118 Å². The average molecular weight is 359 g/mol. The van der Waals surface area contributed by atoms with Gasteiger partial charge in [0.25, 0.3) is 0 Å². The van der Waals surface area contributed by atoms with E-state index in [2.05, 4.69) is 15.0 Å². The van der Waals surface area contributed by atoms with Crippen LogP contribution in [0.25, 0.3) is 11.2 Å². The molecule has 1 fully saturated rings. The summed E-state index contributed by atoms with van der Waals surface area (Å²) in [5.74, 6) is 0.317. The maximum Gasteiger partial charge on any atom is 0.324 e. The zero-order valence-electron chi connectivity index (χ0n) is 12.7. The molecule has 1 aliphatic rings. The third-order valence-corrected chi connectivity index (χ3v) is 5.48. The van der Waals surface area contributed by atoms with Gasteiger partial charge in [-0.2, -0.15) is 0 Å². The minimum atomic E-state index is -3.25. The summed E-state index contributed by atoms with van der Waals surface area (Å²) in [6.07, 6.45) is 3.30. The van der Waals surface area contributed by atoms with Gasteiger partial charge in [-0.15, -0.1) is 0 Å². The second-order valence-corrected chi connectivity index (χ2v) is 8.05. The molecule has 11 heteroatoms. The number of nitrogens with zero attached hydrogens (tertiary/aromatic N) is 4. The third-order valence-electron chi connectivity index (χ3n) is 3.78. The monoisotopic (exact) mass is 359 g/mol. The molecule has 0 aliphatic carbocycles. The van der Waals surface area contributed by atoms with Crippen molar-refractivity contribution < 1.29 is 18.7 Å². The van der Waals surface area contributed by atoms with Crippen LogP contribution >= 0.6 is 6.72 Å². The molecule has 0 saturated carbocycles. The van der Waals surface area contributed by atoms with Gasteiger partial charge in [-0.05, 0) is 18.2 Å². The molecule has 0 amide bonds. The van der Waals surface area contributed by atoms with E-state index in [1.165, 1.54) is 13.4 Å². The molecule has 126 valence electrons. The summed E-state index contributed by atoms with van der Waals surface area (Å²) in [4.78, 5) is 22.3. The van der Waals surface area contributed by atoms with Gasteiger partial charge in [-0.1, -0.05) is 6.92 Å². The second kappa shape index (κ2) is 6.39. The summed E-state index contributed by atoms with van der Waals surface area (Å²) in [7, 11) is 1.33. The predicted molar refractivity (Wildman–Crippen MR) is 86.9 cm³/mol. The summed E-state index contributed by atoms with van der Waals surface area (Å²) in [5.41, 5.74) is 6.92. The Hall–Kier alpha value is -1.16. The molecule has 2 unspecified atom stereocenters. The second-order valence-electron chi connectivity index (χ2n) is 5.15. The van der Waals surface area contributed by atoms with Crippen molar-refractivity contribution in [3.8, 4) is 0 Å². The van der Waals surface area contributed by atoms with Crippen molar-refractivity contribution in [2.75, 3.05) is 12.8 Å². The number of nitrogens with two attached hydrogens (primary N) is 1. The lowest BCUT2D eigenvalue weighted by molar-refractivity contribution is -0.0163. The molecule has 4 atom stereocenters. The van der Waals surface area contributed by atoms with E-state index in [0.29, 0.717) is 29.8 Å². The molecule has 3 rings (SSSR count). The molecule has 0 bridgehead atoms. The van der Waals surface area contributed by atoms with Crippen molar-refractivity contribution in [3.63, 3.8) is 0 Å². The highest BCUT2D eigenvalue weighted by Crippen LogP contribution is 2.48. The van der Waals surface area contributed by atoms with Gasteiger partial charge in [0.05, 0.1) is 18.5 Å². The lowest BCUT2D eigenvalue weighted by Gasteiger charge is -2.21. The number of anilines is 1. The first-order chi connectivity index (χ1) is 10.9. The Morgan fingerprint density at radius 2 is 2.30 bits per heavy atom. The van der Waals surface area contributed by atoms with E-state index >= 15 is 0 Å². The van der Waals surface area contributed by atoms with Crippen LogP contribution in [0.3, 0.4) is 0 Å². The fourth-order valence-electron chi connectivity index (χ4n) is 2.64. The number of hydrogen-bond donors (Lipinski definition) is 2. The minimum absolute atomic E-state index is 0.207. The molecular formula is C12H18N5O4PS. The molecule has 0 aromatic carbocycles. The Balaban J connectivity index is 1.86. The van der Waals surface area contributed by atoms with Gasteiger partial charge >= 0.3 is 6.72 Å². The fraction of sp³-hybridized carbons (Fsp3) is 0.583. The Morgan fingerprint density at radius 3 is 3.00 bits per heavy atom. The lowest BCUT2D eigenvalue weighted by Crippen LogP contribution is -2.22. The fourth-order valence-corrected chi connectivity index (χ4v) is 3.62. The van der Waals surface area contributed by atoms with Crippen LogP contribution in [-0.4, -0.2) is 43.7 Å². The van der Waals surface area contributed by atoms with Crippen LogP contribution in [0.2, 0.25) is 0 Å². The number of aromatic nitrogens is 4. The van der Waals surface area contributed by atoms with Crippen molar-refractivity contribution in [1.29, 1.82) is 0 Å². The zero-order chi connectivity index (χ0) is 16.6. The van der Waals surface area contributed by atoms with Crippen molar-refractivity contribution in [2.45, 2.75) is 38.2 Å². The highest BCUT2D eigenvalue weighted by Gasteiger charge is 2.39. The minimum Gasteiger partial charge on any atom is -0.382 e. The number of ether oxygens (including phenoxy) is 1. The number of hydrogen-bond acceptors (Lipinski definition) is 8. The van der Waals surface area contributed by atoms with E-state index < -0.39 is 6.72 Å². The molecule has 2 aromatic heterocycles. The maximum atomic E-state index is 9.89. The molecule has 23 heavy (non-hydrogen) atoms. The van der Waals surface area contributed by atoms with Crippen LogP contribution in [0, 0.1) is 0 Å². The quantitative estimate of drug-likeness (QED) is 0.763. The van der Waals surface area contributed by atoms with Crippen molar-refractivity contribution in [3.05, 3.63) is 12.7 Å². The maximum absolute atomic E-state index is 9.89. The largest absolute Gasteiger partial charge is 0.382 e. The Bertz CT molecular complexity index is 756. The highest BCUT2D eigenvalue weighted by molar-refractivity contribution is 8.07. The molecule has 3 heterocycles. The van der Waals surface area contributed by atoms with Crippen LogP contribution in [0.5, 0.6) is 0 Å². The highest BCUT2D eigenvalue weighted by atomic mass is 32.5. The summed E-state index contributed by atoms with van der Waals surface area (Å²) < 4.78 is 18.2. The van der Waals surface area contributed by atoms with Gasteiger partial charge in [0.1, 0.15) is 18.1 Å². The summed E-state index contributed by atoms with van der Waals surface area (Å²) in [6, 6.07) is 0. The SMILES string of the molecule is CC[C@H]1OC(n2cnc3c(N)ncnc32)C[C@H]1OP(O)(=S)OC. The summed E-state index contributed by atoms with van der Waals surface area (Å²) in [6.45, 7) is -1.27. The van der Waals surface area contributed by atoms with Crippen LogP contribution < -0.4 is 5.73 Å². The first kappa shape index (κ1) is 16.7. The van der Waals surface area contributed by atoms with Gasteiger partial charge in [0.15, 0.2) is 11.5 Å². The van der Waals surface area contributed by atoms with E-state index in [4.69, 9.17) is 31.3 Å². The molecule has 9 nitrogen and oxygen atoms in total. The molecule has 1 aliphatic heterocycles. The van der Waals surface area contributed by atoms with Gasteiger partial charge in [0, 0.05) is 13.5 Å². The van der Waals surface area contributed by atoms with Crippen LogP contribution in [0.1, 0.15) is 26.0 Å². The molecule has 2 aromatic rings. The van der Waals surface area contributed by atoms with Crippen LogP contribution in [0.15, 0.2) is 12.7 Å². The van der Waals surface area contributed by atoms with E-state index in [1.54, 1.807) is 10.9 Å². The van der Waals surface area contributed by atoms with E-state index in [1.807, 2.05) is 6.92 Å². The van der Waals surface area contributed by atoms with E-state index in [-0.39, 0.29) is 18.4 Å². The molecular weight excluding hydrogens is 341 g/mol. The van der Waals surface area contributed by atoms with Gasteiger partial charge in [0.2, 0.25) is 0 Å². The van der Waals surface area contributed by atoms with E-state index in [9.17, 15) is 4.89 Å². The van der Waals surface area contributed by atoms with Crippen molar-refractivity contribution in [1.82, 2.24) is 19.5 Å². The molecule has 0 radical (unpaired) electrons. The smallest absolute Gasteiger partial charge is 0.324 e. The summed E-state index contributed by atoms with van der Waals surface area (Å²) in [5, 5.41) is 0. The lowest BCUT2D eigenvalue weighted by atomic mass is 10.1. The van der Waals surface area contributed by atoms with Crippen LogP contribution in [-0.2, 0) is 25.6 Å². The third kappa shape index (κ3) is 3.23. The van der Waals surface area contributed by atoms with Crippen molar-refractivity contribution in [2.24, 2.45) is 0 Å². The van der Waals surface area contributed by atoms with Crippen molar-refractivity contribution >= 4 is 35.5 Å². The predicted octanol–water partition coefficient (Wildman–Crippen LogP) is 1.35. The number of rotatable bonds is 5. The normalized spacial score (nSPS) is 27.3. The average Bonchev–Trinajstić information content (AvgIpc) is 3.11. The Morgan fingerprint density at radius 1 is 1.52 bits per heavy atom.